The van der Waals surface area contributed by atoms with E-state index in [2.05, 4.69) is 62.7 Å². The summed E-state index contributed by atoms with van der Waals surface area (Å²) in [5.41, 5.74) is 1.03. The normalized spacial score (nSPS) is 18.2. The van der Waals surface area contributed by atoms with Crippen LogP contribution in [0.15, 0.2) is 24.3 Å². The number of nitriles is 1. The summed E-state index contributed by atoms with van der Waals surface area (Å²) in [6.45, 7) is 9.05. The molecule has 1 fully saturated rings. The summed E-state index contributed by atoms with van der Waals surface area (Å²) in [6, 6.07) is 11.1. The van der Waals surface area contributed by atoms with Gasteiger partial charge in [0.25, 0.3) is 0 Å². The molecule has 102 valence electrons. The van der Waals surface area contributed by atoms with Gasteiger partial charge in [0.15, 0.2) is 0 Å². The third-order valence-electron chi connectivity index (χ3n) is 3.76. The molecule has 0 spiro atoms. The van der Waals surface area contributed by atoms with Crippen molar-refractivity contribution in [1.82, 2.24) is 9.80 Å². The lowest BCUT2D eigenvalue weighted by Crippen LogP contribution is -2.53. The Labute approximate surface area is 129 Å². The van der Waals surface area contributed by atoms with Crippen molar-refractivity contribution < 1.29 is 0 Å². The van der Waals surface area contributed by atoms with E-state index in [1.807, 2.05) is 13.8 Å². The van der Waals surface area contributed by atoms with E-state index in [4.69, 9.17) is 5.26 Å². The summed E-state index contributed by atoms with van der Waals surface area (Å²) < 4.78 is 1.28. The van der Waals surface area contributed by atoms with Crippen LogP contribution in [-0.2, 0) is 6.54 Å². The Morgan fingerprint density at radius 2 is 1.74 bits per heavy atom. The first-order chi connectivity index (χ1) is 9.01. The molecule has 1 aliphatic heterocycles. The maximum absolute atomic E-state index is 9.17. The number of piperazine rings is 1. The van der Waals surface area contributed by atoms with Crippen molar-refractivity contribution in [2.24, 2.45) is 0 Å². The summed E-state index contributed by atoms with van der Waals surface area (Å²) in [6.07, 6.45) is 0. The van der Waals surface area contributed by atoms with Gasteiger partial charge < -0.3 is 0 Å². The van der Waals surface area contributed by atoms with E-state index in [1.54, 1.807) is 0 Å². The molecule has 2 rings (SSSR count). The van der Waals surface area contributed by atoms with Gasteiger partial charge in [0.2, 0.25) is 0 Å². The molecule has 19 heavy (non-hydrogen) atoms. The van der Waals surface area contributed by atoms with Gasteiger partial charge in [-0.25, -0.2) is 0 Å². The average molecular weight is 369 g/mol. The van der Waals surface area contributed by atoms with Crippen LogP contribution in [0.3, 0.4) is 0 Å². The molecule has 1 saturated heterocycles. The van der Waals surface area contributed by atoms with Crippen molar-refractivity contribution in [3.05, 3.63) is 33.4 Å². The zero-order valence-electron chi connectivity index (χ0n) is 11.6. The first-order valence-corrected chi connectivity index (χ1v) is 7.72. The predicted octanol–water partition coefficient (Wildman–Crippen LogP) is 2.71. The molecule has 0 unspecified atom stereocenters. The highest BCUT2D eigenvalue weighted by molar-refractivity contribution is 14.1. The van der Waals surface area contributed by atoms with Gasteiger partial charge in [0.1, 0.15) is 5.54 Å². The molecule has 0 radical (unpaired) electrons. The van der Waals surface area contributed by atoms with Crippen molar-refractivity contribution in [3.63, 3.8) is 0 Å². The molecule has 1 aliphatic rings. The van der Waals surface area contributed by atoms with Crippen LogP contribution in [0.25, 0.3) is 0 Å². The van der Waals surface area contributed by atoms with E-state index in [-0.39, 0.29) is 5.54 Å². The van der Waals surface area contributed by atoms with Crippen molar-refractivity contribution >= 4 is 22.6 Å². The third-order valence-corrected chi connectivity index (χ3v) is 4.48. The maximum atomic E-state index is 9.17. The van der Waals surface area contributed by atoms with Gasteiger partial charge in [-0.05, 0) is 54.1 Å². The van der Waals surface area contributed by atoms with Gasteiger partial charge >= 0.3 is 0 Å². The van der Waals surface area contributed by atoms with Gasteiger partial charge in [-0.1, -0.05) is 12.1 Å². The Kier molecular flexibility index (Phi) is 4.82. The highest BCUT2D eigenvalue weighted by atomic mass is 127. The fourth-order valence-electron chi connectivity index (χ4n) is 2.38. The first-order valence-electron chi connectivity index (χ1n) is 6.64. The quantitative estimate of drug-likeness (QED) is 0.768. The lowest BCUT2D eigenvalue weighted by molar-refractivity contribution is 0.0764. The van der Waals surface area contributed by atoms with E-state index < -0.39 is 0 Å². The number of benzene rings is 1. The van der Waals surface area contributed by atoms with Crippen molar-refractivity contribution in [3.8, 4) is 6.07 Å². The summed E-state index contributed by atoms with van der Waals surface area (Å²) in [4.78, 5) is 4.74. The number of rotatable bonds is 3. The number of hydrogen-bond donors (Lipinski definition) is 0. The molecule has 0 saturated carbocycles. The average Bonchev–Trinajstić information content (AvgIpc) is 2.42. The standard InChI is InChI=1S/C15H20IN3/c1-15(2,12-17)19-9-7-18(8-10-19)11-13-3-5-14(16)6-4-13/h3-6H,7-11H2,1-2H3. The minimum atomic E-state index is -0.338. The Balaban J connectivity index is 1.87. The lowest BCUT2D eigenvalue weighted by atomic mass is 10.0. The predicted molar refractivity (Wildman–Crippen MR) is 85.7 cm³/mol. The second kappa shape index (κ2) is 6.21. The Morgan fingerprint density at radius 1 is 1.16 bits per heavy atom. The minimum Gasteiger partial charge on any atom is -0.297 e. The monoisotopic (exact) mass is 369 g/mol. The molecule has 0 N–H and O–H groups in total. The molecule has 0 bridgehead atoms. The van der Waals surface area contributed by atoms with Crippen LogP contribution in [-0.4, -0.2) is 41.5 Å². The smallest absolute Gasteiger partial charge is 0.103 e. The fraction of sp³-hybridized carbons (Fsp3) is 0.533. The van der Waals surface area contributed by atoms with E-state index >= 15 is 0 Å². The summed E-state index contributed by atoms with van der Waals surface area (Å²) >= 11 is 2.33. The number of halogens is 1. The van der Waals surface area contributed by atoms with Crippen molar-refractivity contribution in [2.75, 3.05) is 26.2 Å². The molecule has 3 nitrogen and oxygen atoms in total. The Bertz CT molecular complexity index is 453. The van der Waals surface area contributed by atoms with Crippen LogP contribution < -0.4 is 0 Å². The van der Waals surface area contributed by atoms with Gasteiger partial charge in [-0.15, -0.1) is 0 Å². The van der Waals surface area contributed by atoms with Gasteiger partial charge in [-0.2, -0.15) is 5.26 Å². The van der Waals surface area contributed by atoms with Crippen molar-refractivity contribution in [1.29, 1.82) is 5.26 Å². The van der Waals surface area contributed by atoms with Crippen LogP contribution in [0, 0.1) is 14.9 Å². The Morgan fingerprint density at radius 3 is 2.26 bits per heavy atom. The van der Waals surface area contributed by atoms with E-state index in [9.17, 15) is 0 Å². The zero-order valence-corrected chi connectivity index (χ0v) is 13.7. The second-order valence-corrected chi connectivity index (χ2v) is 6.81. The molecule has 0 atom stereocenters. The summed E-state index contributed by atoms with van der Waals surface area (Å²) in [7, 11) is 0. The van der Waals surface area contributed by atoms with Gasteiger partial charge in [0.05, 0.1) is 6.07 Å². The molecular weight excluding hydrogens is 349 g/mol. The van der Waals surface area contributed by atoms with Crippen LogP contribution in [0.4, 0.5) is 0 Å². The molecule has 4 heteroatoms. The summed E-state index contributed by atoms with van der Waals surface area (Å²) in [5.74, 6) is 0. The third kappa shape index (κ3) is 3.91. The second-order valence-electron chi connectivity index (χ2n) is 5.56. The minimum absolute atomic E-state index is 0.338. The molecule has 1 aromatic rings. The van der Waals surface area contributed by atoms with Crippen LogP contribution in [0.5, 0.6) is 0 Å². The first kappa shape index (κ1) is 14.8. The molecule has 0 amide bonds. The fourth-order valence-corrected chi connectivity index (χ4v) is 2.74. The topological polar surface area (TPSA) is 30.3 Å². The van der Waals surface area contributed by atoms with Crippen LogP contribution in [0.1, 0.15) is 19.4 Å². The molecule has 0 aliphatic carbocycles. The SMILES string of the molecule is CC(C)(C#N)N1CCN(Cc2ccc(I)cc2)CC1. The molecular formula is C15H20IN3. The summed E-state index contributed by atoms with van der Waals surface area (Å²) in [5, 5.41) is 9.17. The van der Waals surface area contributed by atoms with Crippen molar-refractivity contribution in [2.45, 2.75) is 25.9 Å². The number of nitrogens with zero attached hydrogens (tertiary/aromatic N) is 3. The lowest BCUT2D eigenvalue weighted by Gasteiger charge is -2.40. The van der Waals surface area contributed by atoms with E-state index in [0.29, 0.717) is 0 Å². The molecule has 1 heterocycles. The number of hydrogen-bond acceptors (Lipinski definition) is 3. The maximum Gasteiger partial charge on any atom is 0.103 e. The van der Waals surface area contributed by atoms with E-state index in [0.717, 1.165) is 32.7 Å². The van der Waals surface area contributed by atoms with E-state index in [1.165, 1.54) is 9.13 Å². The Hall–Kier alpha value is -0.640. The highest BCUT2D eigenvalue weighted by Gasteiger charge is 2.29. The van der Waals surface area contributed by atoms with Gasteiger partial charge in [-0.3, -0.25) is 9.80 Å². The van der Waals surface area contributed by atoms with Gasteiger partial charge in [0, 0.05) is 36.3 Å². The molecule has 0 aromatic heterocycles. The molecule has 1 aromatic carbocycles. The van der Waals surface area contributed by atoms with Crippen LogP contribution >= 0.6 is 22.6 Å². The highest BCUT2D eigenvalue weighted by Crippen LogP contribution is 2.17. The zero-order chi connectivity index (χ0) is 13.9. The van der Waals surface area contributed by atoms with Crippen LogP contribution in [0.2, 0.25) is 0 Å². The largest absolute Gasteiger partial charge is 0.297 e.